The molecule has 1 unspecified atom stereocenters. The van der Waals surface area contributed by atoms with Crippen LogP contribution in [0.25, 0.3) is 0 Å². The molecule has 0 amide bonds. The molecule has 1 rings (SSSR count). The number of aryl methyl sites for hydroxylation is 1. The van der Waals surface area contributed by atoms with Crippen LogP contribution in [0.15, 0.2) is 18.2 Å². The van der Waals surface area contributed by atoms with E-state index in [0.717, 1.165) is 29.7 Å². The third-order valence-electron chi connectivity index (χ3n) is 2.87. The molecule has 0 spiro atoms. The molecule has 0 fully saturated rings. The van der Waals surface area contributed by atoms with Gasteiger partial charge in [-0.05, 0) is 31.4 Å². The highest BCUT2D eigenvalue weighted by Gasteiger charge is 2.09. The van der Waals surface area contributed by atoms with E-state index in [0.29, 0.717) is 6.04 Å². The lowest BCUT2D eigenvalue weighted by atomic mass is 10.0. The molecule has 2 heteroatoms. The number of hydrogen-bond acceptors (Lipinski definition) is 2. The fourth-order valence-corrected chi connectivity index (χ4v) is 1.88. The second-order valence-corrected chi connectivity index (χ2v) is 4.15. The molecule has 16 heavy (non-hydrogen) atoms. The normalized spacial score (nSPS) is 11.9. The fourth-order valence-electron chi connectivity index (χ4n) is 1.88. The van der Waals surface area contributed by atoms with Gasteiger partial charge in [0, 0.05) is 6.04 Å². The van der Waals surface area contributed by atoms with Crippen molar-refractivity contribution in [1.29, 1.82) is 5.26 Å². The number of nitrogens with one attached hydrogen (secondary N) is 1. The van der Waals surface area contributed by atoms with Crippen LogP contribution in [-0.4, -0.2) is 6.04 Å². The zero-order valence-electron chi connectivity index (χ0n) is 10.4. The molecule has 0 aromatic heterocycles. The van der Waals surface area contributed by atoms with E-state index >= 15 is 0 Å². The Balaban J connectivity index is 2.91. The first-order valence-electron chi connectivity index (χ1n) is 5.99. The first-order chi connectivity index (χ1) is 7.72. The Morgan fingerprint density at radius 2 is 2.12 bits per heavy atom. The Bertz CT molecular complexity index is 377. The van der Waals surface area contributed by atoms with Crippen molar-refractivity contribution < 1.29 is 0 Å². The van der Waals surface area contributed by atoms with Crippen LogP contribution < -0.4 is 5.32 Å². The quantitative estimate of drug-likeness (QED) is 0.811. The van der Waals surface area contributed by atoms with Crippen LogP contribution in [0.1, 0.15) is 44.2 Å². The smallest absolute Gasteiger partial charge is 0.101 e. The molecule has 86 valence electrons. The first-order valence-corrected chi connectivity index (χ1v) is 5.99. The highest BCUT2D eigenvalue weighted by Crippen LogP contribution is 2.22. The maximum Gasteiger partial charge on any atom is 0.101 e. The summed E-state index contributed by atoms with van der Waals surface area (Å²) in [7, 11) is 0. The average molecular weight is 216 g/mol. The lowest BCUT2D eigenvalue weighted by molar-refractivity contribution is 0.622. The van der Waals surface area contributed by atoms with Crippen LogP contribution in [0.5, 0.6) is 0 Å². The molecular formula is C14H20N2. The lowest BCUT2D eigenvalue weighted by Crippen LogP contribution is -2.19. The molecule has 1 N–H and O–H groups in total. The highest BCUT2D eigenvalue weighted by atomic mass is 14.9. The molecule has 1 aromatic carbocycles. The molecule has 0 saturated heterocycles. The number of nitriles is 1. The minimum absolute atomic E-state index is 0.471. The van der Waals surface area contributed by atoms with Crippen molar-refractivity contribution in [2.45, 2.75) is 46.1 Å². The summed E-state index contributed by atoms with van der Waals surface area (Å²) < 4.78 is 0. The number of para-hydroxylation sites is 1. The van der Waals surface area contributed by atoms with Crippen LogP contribution in [0.2, 0.25) is 0 Å². The largest absolute Gasteiger partial charge is 0.381 e. The van der Waals surface area contributed by atoms with Gasteiger partial charge in [-0.1, -0.05) is 32.4 Å². The third kappa shape index (κ3) is 3.00. The number of nitrogens with zero attached hydrogens (tertiary/aromatic N) is 1. The molecule has 1 aromatic rings. The van der Waals surface area contributed by atoms with Gasteiger partial charge in [0.2, 0.25) is 0 Å². The number of rotatable bonds is 5. The molecule has 0 aliphatic carbocycles. The minimum Gasteiger partial charge on any atom is -0.381 e. The van der Waals surface area contributed by atoms with Gasteiger partial charge in [0.1, 0.15) is 6.07 Å². The number of hydrogen-bond donors (Lipinski definition) is 1. The van der Waals surface area contributed by atoms with Crippen molar-refractivity contribution in [2.75, 3.05) is 5.32 Å². The molecule has 0 bridgehead atoms. The van der Waals surface area contributed by atoms with E-state index in [1.165, 1.54) is 6.42 Å². The van der Waals surface area contributed by atoms with Crippen molar-refractivity contribution in [3.8, 4) is 6.07 Å². The van der Waals surface area contributed by atoms with Gasteiger partial charge in [-0.25, -0.2) is 0 Å². The summed E-state index contributed by atoms with van der Waals surface area (Å²) in [6.07, 6.45) is 3.40. The van der Waals surface area contributed by atoms with E-state index < -0.39 is 0 Å². The Morgan fingerprint density at radius 1 is 1.38 bits per heavy atom. The molecule has 1 atom stereocenters. The second-order valence-electron chi connectivity index (χ2n) is 4.15. The Morgan fingerprint density at radius 3 is 2.69 bits per heavy atom. The summed E-state index contributed by atoms with van der Waals surface area (Å²) in [5, 5.41) is 12.6. The lowest BCUT2D eigenvalue weighted by Gasteiger charge is -2.20. The van der Waals surface area contributed by atoms with Gasteiger partial charge in [0.25, 0.3) is 0 Å². The van der Waals surface area contributed by atoms with Gasteiger partial charge in [-0.15, -0.1) is 0 Å². The second kappa shape index (κ2) is 6.17. The fraction of sp³-hybridized carbons (Fsp3) is 0.500. The maximum absolute atomic E-state index is 9.07. The summed E-state index contributed by atoms with van der Waals surface area (Å²) in [5.41, 5.74) is 2.90. The van der Waals surface area contributed by atoms with Crippen molar-refractivity contribution in [1.82, 2.24) is 0 Å². The number of benzene rings is 1. The predicted molar refractivity (Wildman–Crippen MR) is 68.5 cm³/mol. The average Bonchev–Trinajstić information content (AvgIpc) is 2.30. The highest BCUT2D eigenvalue weighted by molar-refractivity contribution is 5.62. The van der Waals surface area contributed by atoms with Gasteiger partial charge in [0.15, 0.2) is 0 Å². The van der Waals surface area contributed by atoms with Crippen molar-refractivity contribution >= 4 is 5.69 Å². The van der Waals surface area contributed by atoms with Crippen LogP contribution in [-0.2, 0) is 0 Å². The van der Waals surface area contributed by atoms with Gasteiger partial charge in [-0.2, -0.15) is 5.26 Å². The molecule has 2 nitrogen and oxygen atoms in total. The predicted octanol–water partition coefficient (Wildman–Crippen LogP) is 3.86. The minimum atomic E-state index is 0.471. The van der Waals surface area contributed by atoms with Gasteiger partial charge in [0.05, 0.1) is 11.3 Å². The zero-order valence-corrected chi connectivity index (χ0v) is 10.4. The van der Waals surface area contributed by atoms with E-state index in [1.807, 2.05) is 25.1 Å². The van der Waals surface area contributed by atoms with Crippen LogP contribution >= 0.6 is 0 Å². The monoisotopic (exact) mass is 216 g/mol. The van der Waals surface area contributed by atoms with Gasteiger partial charge >= 0.3 is 0 Å². The Labute approximate surface area is 98.3 Å². The van der Waals surface area contributed by atoms with Crippen LogP contribution in [0, 0.1) is 18.3 Å². The maximum atomic E-state index is 9.07. The van der Waals surface area contributed by atoms with Crippen LogP contribution in [0.3, 0.4) is 0 Å². The summed E-state index contributed by atoms with van der Waals surface area (Å²) in [5.74, 6) is 0. The van der Waals surface area contributed by atoms with E-state index in [9.17, 15) is 0 Å². The van der Waals surface area contributed by atoms with Crippen molar-refractivity contribution in [2.24, 2.45) is 0 Å². The summed E-state index contributed by atoms with van der Waals surface area (Å²) in [4.78, 5) is 0. The third-order valence-corrected chi connectivity index (χ3v) is 2.87. The topological polar surface area (TPSA) is 35.8 Å². The van der Waals surface area contributed by atoms with E-state index in [-0.39, 0.29) is 0 Å². The molecule has 0 radical (unpaired) electrons. The zero-order chi connectivity index (χ0) is 12.0. The molecule has 0 saturated carbocycles. The Hall–Kier alpha value is -1.49. The van der Waals surface area contributed by atoms with E-state index in [4.69, 9.17) is 5.26 Å². The molecule has 0 aliphatic rings. The van der Waals surface area contributed by atoms with Gasteiger partial charge in [-0.3, -0.25) is 0 Å². The summed E-state index contributed by atoms with van der Waals surface area (Å²) >= 11 is 0. The summed E-state index contributed by atoms with van der Waals surface area (Å²) in [6, 6.07) is 8.56. The standard InChI is InChI=1S/C14H20N2/c1-4-7-13(5-2)16-14-11(3)8-6-9-12(14)10-15/h6,8-9,13,16H,4-5,7H2,1-3H3. The van der Waals surface area contributed by atoms with Crippen LogP contribution in [0.4, 0.5) is 5.69 Å². The first kappa shape index (κ1) is 12.6. The summed E-state index contributed by atoms with van der Waals surface area (Å²) in [6.45, 7) is 6.41. The van der Waals surface area contributed by atoms with E-state index in [1.54, 1.807) is 0 Å². The molecule has 0 aliphatic heterocycles. The van der Waals surface area contributed by atoms with Crippen molar-refractivity contribution in [3.05, 3.63) is 29.3 Å². The molecule has 0 heterocycles. The van der Waals surface area contributed by atoms with E-state index in [2.05, 4.69) is 25.2 Å². The van der Waals surface area contributed by atoms with Crippen molar-refractivity contribution in [3.63, 3.8) is 0 Å². The Kier molecular flexibility index (Phi) is 4.85. The van der Waals surface area contributed by atoms with Gasteiger partial charge < -0.3 is 5.32 Å². The molecular weight excluding hydrogens is 196 g/mol. The SMILES string of the molecule is CCCC(CC)Nc1c(C)cccc1C#N. The number of anilines is 1.